The number of fused-ring (bicyclic) bond motifs is 1. The van der Waals surface area contributed by atoms with Gasteiger partial charge in [-0.1, -0.05) is 38.1 Å². The van der Waals surface area contributed by atoms with Crippen molar-refractivity contribution in [3.05, 3.63) is 35.4 Å². The molecule has 2 unspecified atom stereocenters. The lowest BCUT2D eigenvalue weighted by molar-refractivity contribution is -0.144. The predicted molar refractivity (Wildman–Crippen MR) is 95.5 cm³/mol. The highest BCUT2D eigenvalue weighted by Gasteiger charge is 2.35. The quantitative estimate of drug-likeness (QED) is 0.748. The van der Waals surface area contributed by atoms with Crippen LogP contribution < -0.4 is 10.6 Å². The van der Waals surface area contributed by atoms with Gasteiger partial charge in [0.25, 0.3) is 0 Å². The summed E-state index contributed by atoms with van der Waals surface area (Å²) >= 11 is 0. The van der Waals surface area contributed by atoms with Crippen LogP contribution >= 0.6 is 0 Å². The summed E-state index contributed by atoms with van der Waals surface area (Å²) in [5.41, 5.74) is 2.31. The van der Waals surface area contributed by atoms with Gasteiger partial charge in [0.05, 0.1) is 0 Å². The third kappa shape index (κ3) is 4.35. The molecule has 2 atom stereocenters. The van der Waals surface area contributed by atoms with E-state index in [1.54, 1.807) is 4.90 Å². The first-order valence-electron chi connectivity index (χ1n) is 8.88. The summed E-state index contributed by atoms with van der Waals surface area (Å²) in [6.07, 6.45) is 2.26. The van der Waals surface area contributed by atoms with Crippen LogP contribution in [0.5, 0.6) is 0 Å². The predicted octanol–water partition coefficient (Wildman–Crippen LogP) is 1.71. The summed E-state index contributed by atoms with van der Waals surface area (Å²) < 4.78 is 0. The van der Waals surface area contributed by atoms with Gasteiger partial charge in [-0.2, -0.15) is 0 Å². The zero-order valence-electron chi connectivity index (χ0n) is 15.0. The van der Waals surface area contributed by atoms with E-state index in [0.29, 0.717) is 19.5 Å². The van der Waals surface area contributed by atoms with Crippen LogP contribution in [0.2, 0.25) is 0 Å². The van der Waals surface area contributed by atoms with E-state index >= 15 is 0 Å². The molecular formula is C19H29N3O2. The number of rotatable bonds is 7. The van der Waals surface area contributed by atoms with Crippen molar-refractivity contribution in [2.75, 3.05) is 20.1 Å². The summed E-state index contributed by atoms with van der Waals surface area (Å²) in [5, 5.41) is 6.05. The van der Waals surface area contributed by atoms with Crippen LogP contribution in [0.15, 0.2) is 24.3 Å². The van der Waals surface area contributed by atoms with Gasteiger partial charge in [-0.3, -0.25) is 9.59 Å². The zero-order valence-corrected chi connectivity index (χ0v) is 15.0. The lowest BCUT2D eigenvalue weighted by Gasteiger charge is -2.37. The highest BCUT2D eigenvalue weighted by molar-refractivity contribution is 5.89. The Hall–Kier alpha value is -1.88. The summed E-state index contributed by atoms with van der Waals surface area (Å²) in [6, 6.07) is 7.68. The maximum absolute atomic E-state index is 12.8. The average molecular weight is 331 g/mol. The first-order chi connectivity index (χ1) is 11.6. The van der Waals surface area contributed by atoms with Crippen molar-refractivity contribution in [1.82, 2.24) is 15.5 Å². The Kier molecular flexibility index (Phi) is 6.79. The fourth-order valence-corrected chi connectivity index (χ4v) is 3.04. The van der Waals surface area contributed by atoms with Gasteiger partial charge in [-0.15, -0.1) is 0 Å². The fraction of sp³-hybridized carbons (Fsp3) is 0.579. The van der Waals surface area contributed by atoms with Gasteiger partial charge < -0.3 is 15.5 Å². The molecule has 24 heavy (non-hydrogen) atoms. The lowest BCUT2D eigenvalue weighted by Crippen LogP contribution is -2.54. The number of nitrogens with zero attached hydrogens (tertiary/aromatic N) is 1. The minimum Gasteiger partial charge on any atom is -0.354 e. The topological polar surface area (TPSA) is 61.4 Å². The van der Waals surface area contributed by atoms with Crippen LogP contribution in [0.3, 0.4) is 0 Å². The van der Waals surface area contributed by atoms with Crippen LogP contribution in [-0.2, 0) is 22.6 Å². The summed E-state index contributed by atoms with van der Waals surface area (Å²) in [7, 11) is 1.90. The second-order valence-electron chi connectivity index (χ2n) is 6.51. The Bertz CT molecular complexity index is 573. The second kappa shape index (κ2) is 8.83. The van der Waals surface area contributed by atoms with E-state index in [0.717, 1.165) is 24.9 Å². The molecule has 0 aliphatic carbocycles. The number of hydrogen-bond donors (Lipinski definition) is 2. The molecule has 1 aliphatic rings. The molecule has 5 nitrogen and oxygen atoms in total. The van der Waals surface area contributed by atoms with Gasteiger partial charge in [-0.25, -0.2) is 0 Å². The largest absolute Gasteiger partial charge is 0.354 e. The molecule has 0 spiro atoms. The van der Waals surface area contributed by atoms with Crippen molar-refractivity contribution >= 4 is 11.8 Å². The first kappa shape index (κ1) is 18.5. The van der Waals surface area contributed by atoms with Gasteiger partial charge in [0.1, 0.15) is 6.04 Å². The Balaban J connectivity index is 2.14. The van der Waals surface area contributed by atoms with Crippen LogP contribution in [0.25, 0.3) is 0 Å². The SMILES string of the molecule is CCC(C)C(=O)N1Cc2ccccc2CC1C(=O)NCCCNC. The molecule has 0 bridgehead atoms. The Morgan fingerprint density at radius 3 is 2.62 bits per heavy atom. The van der Waals surface area contributed by atoms with E-state index in [-0.39, 0.29) is 17.7 Å². The van der Waals surface area contributed by atoms with E-state index in [1.165, 1.54) is 5.56 Å². The summed E-state index contributed by atoms with van der Waals surface area (Å²) in [5.74, 6) is -0.0329. The number of benzene rings is 1. The molecule has 5 heteroatoms. The molecule has 132 valence electrons. The highest BCUT2D eigenvalue weighted by atomic mass is 16.2. The average Bonchev–Trinajstić information content (AvgIpc) is 2.62. The minimum atomic E-state index is -0.406. The van der Waals surface area contributed by atoms with Gasteiger partial charge in [-0.05, 0) is 37.6 Å². The molecule has 0 aromatic heterocycles. The van der Waals surface area contributed by atoms with Gasteiger partial charge in [0, 0.05) is 25.4 Å². The normalized spacial score (nSPS) is 18.0. The van der Waals surface area contributed by atoms with Crippen molar-refractivity contribution in [2.24, 2.45) is 5.92 Å². The molecule has 0 radical (unpaired) electrons. The zero-order chi connectivity index (χ0) is 17.5. The molecule has 1 heterocycles. The molecule has 1 aromatic carbocycles. The number of amides is 2. The minimum absolute atomic E-state index is 0.0442. The van der Waals surface area contributed by atoms with Crippen LogP contribution in [0, 0.1) is 5.92 Å². The molecule has 1 aliphatic heterocycles. The summed E-state index contributed by atoms with van der Waals surface area (Å²) in [6.45, 7) is 5.96. The van der Waals surface area contributed by atoms with Gasteiger partial charge in [0.2, 0.25) is 11.8 Å². The Morgan fingerprint density at radius 1 is 1.25 bits per heavy atom. The Labute approximate surface area is 144 Å². The smallest absolute Gasteiger partial charge is 0.243 e. The number of hydrogen-bond acceptors (Lipinski definition) is 3. The first-order valence-corrected chi connectivity index (χ1v) is 8.88. The van der Waals surface area contributed by atoms with Gasteiger partial charge in [0.15, 0.2) is 0 Å². The molecule has 2 rings (SSSR count). The van der Waals surface area contributed by atoms with Crippen LogP contribution in [0.4, 0.5) is 0 Å². The van der Waals surface area contributed by atoms with Crippen LogP contribution in [0.1, 0.15) is 37.8 Å². The van der Waals surface area contributed by atoms with E-state index in [2.05, 4.69) is 16.7 Å². The molecule has 1 aromatic rings. The van der Waals surface area contributed by atoms with Crippen molar-refractivity contribution in [2.45, 2.75) is 45.7 Å². The molecule has 2 amide bonds. The highest BCUT2D eigenvalue weighted by Crippen LogP contribution is 2.25. The number of nitrogens with one attached hydrogen (secondary N) is 2. The number of carbonyl (C=O) groups excluding carboxylic acids is 2. The van der Waals surface area contributed by atoms with Crippen molar-refractivity contribution < 1.29 is 9.59 Å². The second-order valence-corrected chi connectivity index (χ2v) is 6.51. The fourth-order valence-electron chi connectivity index (χ4n) is 3.04. The van der Waals surface area contributed by atoms with Crippen molar-refractivity contribution in [3.63, 3.8) is 0 Å². The number of carbonyl (C=O) groups is 2. The molecule has 2 N–H and O–H groups in total. The van der Waals surface area contributed by atoms with Gasteiger partial charge >= 0.3 is 0 Å². The van der Waals surface area contributed by atoms with E-state index in [9.17, 15) is 9.59 Å². The Morgan fingerprint density at radius 2 is 1.96 bits per heavy atom. The maximum Gasteiger partial charge on any atom is 0.243 e. The lowest BCUT2D eigenvalue weighted by atomic mass is 9.92. The third-order valence-corrected chi connectivity index (χ3v) is 4.77. The van der Waals surface area contributed by atoms with E-state index in [4.69, 9.17) is 0 Å². The molecule has 0 saturated heterocycles. The molecular weight excluding hydrogens is 302 g/mol. The van der Waals surface area contributed by atoms with Crippen molar-refractivity contribution in [1.29, 1.82) is 0 Å². The van der Waals surface area contributed by atoms with E-state index < -0.39 is 6.04 Å². The monoisotopic (exact) mass is 331 g/mol. The third-order valence-electron chi connectivity index (χ3n) is 4.77. The van der Waals surface area contributed by atoms with E-state index in [1.807, 2.05) is 39.1 Å². The summed E-state index contributed by atoms with van der Waals surface area (Å²) in [4.78, 5) is 27.2. The standard InChI is InChI=1S/C19H29N3O2/c1-4-14(2)19(24)22-13-16-9-6-5-8-15(16)12-17(22)18(23)21-11-7-10-20-3/h5-6,8-9,14,17,20H,4,7,10-13H2,1-3H3,(H,21,23). The van der Waals surface area contributed by atoms with Crippen molar-refractivity contribution in [3.8, 4) is 0 Å². The molecule has 0 fully saturated rings. The van der Waals surface area contributed by atoms with Crippen LogP contribution in [-0.4, -0.2) is 42.9 Å². The molecule has 0 saturated carbocycles. The maximum atomic E-state index is 12.8.